The number of ether oxygens (including phenoxy) is 2. The van der Waals surface area contributed by atoms with Crippen LogP contribution in [0.3, 0.4) is 0 Å². The van der Waals surface area contributed by atoms with Crippen LogP contribution in [-0.2, 0) is 24.3 Å². The van der Waals surface area contributed by atoms with Crippen molar-refractivity contribution in [3.63, 3.8) is 0 Å². The highest BCUT2D eigenvalue weighted by molar-refractivity contribution is 7.89. The molecule has 1 unspecified atom stereocenters. The molecular weight excluding hydrogens is 474 g/mol. The van der Waals surface area contributed by atoms with Gasteiger partial charge < -0.3 is 9.47 Å². The average Bonchev–Trinajstić information content (AvgIpc) is 3.53. The minimum atomic E-state index is -3.56. The SMILES string of the molecule is CCNS(=O)(=O)c1ccc(/C(=C\C2CCCC2)C(=O)Nc2nc(C3COC(C)(C)O3)cs2)cc1. The molecule has 1 aliphatic heterocycles. The highest BCUT2D eigenvalue weighted by Crippen LogP contribution is 2.35. The Morgan fingerprint density at radius 2 is 1.94 bits per heavy atom. The molecule has 2 aliphatic rings. The molecular formula is C24H31N3O5S2. The first-order valence-corrected chi connectivity index (χ1v) is 13.9. The van der Waals surface area contributed by atoms with Crippen LogP contribution in [0, 0.1) is 5.92 Å². The van der Waals surface area contributed by atoms with Crippen LogP contribution in [0.4, 0.5) is 5.13 Å². The Balaban J connectivity index is 1.54. The number of anilines is 1. The Morgan fingerprint density at radius 3 is 2.56 bits per heavy atom. The van der Waals surface area contributed by atoms with Gasteiger partial charge in [-0.15, -0.1) is 11.3 Å². The highest BCUT2D eigenvalue weighted by Gasteiger charge is 2.35. The van der Waals surface area contributed by atoms with Crippen molar-refractivity contribution < 1.29 is 22.7 Å². The molecule has 34 heavy (non-hydrogen) atoms. The van der Waals surface area contributed by atoms with Crippen molar-refractivity contribution in [2.75, 3.05) is 18.5 Å². The summed E-state index contributed by atoms with van der Waals surface area (Å²) in [7, 11) is -3.56. The fourth-order valence-corrected chi connectivity index (χ4v) is 6.03. The van der Waals surface area contributed by atoms with Crippen molar-refractivity contribution in [2.24, 2.45) is 5.92 Å². The van der Waals surface area contributed by atoms with E-state index in [0.717, 1.165) is 31.4 Å². The van der Waals surface area contributed by atoms with Gasteiger partial charge in [-0.25, -0.2) is 18.1 Å². The number of nitrogens with one attached hydrogen (secondary N) is 2. The predicted molar refractivity (Wildman–Crippen MR) is 132 cm³/mol. The number of thiazole rings is 1. The summed E-state index contributed by atoms with van der Waals surface area (Å²) in [5.41, 5.74) is 1.92. The van der Waals surface area contributed by atoms with Crippen molar-refractivity contribution >= 4 is 38.0 Å². The van der Waals surface area contributed by atoms with Crippen LogP contribution in [0.5, 0.6) is 0 Å². The number of amides is 1. The molecule has 2 N–H and O–H groups in total. The summed E-state index contributed by atoms with van der Waals surface area (Å²) >= 11 is 1.34. The Bertz CT molecular complexity index is 1150. The fraction of sp³-hybridized carbons (Fsp3) is 0.500. The van der Waals surface area contributed by atoms with Gasteiger partial charge in [0.1, 0.15) is 6.10 Å². The number of allylic oxidation sites excluding steroid dienone is 1. The summed E-state index contributed by atoms with van der Waals surface area (Å²) in [5.74, 6) is -0.593. The summed E-state index contributed by atoms with van der Waals surface area (Å²) < 4.78 is 38.5. The molecule has 1 aliphatic carbocycles. The van der Waals surface area contributed by atoms with Crippen LogP contribution in [0.15, 0.2) is 40.6 Å². The zero-order chi connectivity index (χ0) is 24.3. The van der Waals surface area contributed by atoms with Crippen molar-refractivity contribution in [3.8, 4) is 0 Å². The molecule has 1 saturated heterocycles. The maximum atomic E-state index is 13.3. The summed E-state index contributed by atoms with van der Waals surface area (Å²) in [4.78, 5) is 18.0. The monoisotopic (exact) mass is 505 g/mol. The van der Waals surface area contributed by atoms with E-state index in [1.54, 1.807) is 19.1 Å². The summed E-state index contributed by atoms with van der Waals surface area (Å²) in [6.45, 7) is 6.17. The third-order valence-electron chi connectivity index (χ3n) is 5.94. The number of aromatic nitrogens is 1. The van der Waals surface area contributed by atoms with Gasteiger partial charge in [0.05, 0.1) is 17.2 Å². The molecule has 2 heterocycles. The molecule has 2 aromatic rings. The molecule has 1 aromatic heterocycles. The van der Waals surface area contributed by atoms with E-state index in [-0.39, 0.29) is 16.9 Å². The smallest absolute Gasteiger partial charge is 0.257 e. The Hall–Kier alpha value is -2.11. The van der Waals surface area contributed by atoms with E-state index in [1.165, 1.54) is 23.5 Å². The van der Waals surface area contributed by atoms with Gasteiger partial charge in [0.2, 0.25) is 10.0 Å². The van der Waals surface area contributed by atoms with E-state index in [2.05, 4.69) is 15.0 Å². The standard InChI is InChI=1S/C24H31N3O5S2/c1-4-25-34(29,30)18-11-9-17(10-12-18)19(13-16-7-5-6-8-16)22(28)27-23-26-20(15-33-23)21-14-31-24(2,3)32-21/h9-13,15-16,21,25H,4-8,14H2,1-3H3,(H,26,27,28)/b19-13+. The largest absolute Gasteiger partial charge is 0.347 e. The topological polar surface area (TPSA) is 107 Å². The van der Waals surface area contributed by atoms with Crippen LogP contribution < -0.4 is 10.0 Å². The van der Waals surface area contributed by atoms with Gasteiger partial charge >= 0.3 is 0 Å². The molecule has 184 valence electrons. The minimum absolute atomic E-state index is 0.171. The summed E-state index contributed by atoms with van der Waals surface area (Å²) in [5, 5.41) is 5.27. The van der Waals surface area contributed by atoms with E-state index >= 15 is 0 Å². The van der Waals surface area contributed by atoms with Crippen LogP contribution >= 0.6 is 11.3 Å². The lowest BCUT2D eigenvalue weighted by Gasteiger charge is -2.16. The number of carbonyl (C=O) groups excluding carboxylic acids is 1. The lowest BCUT2D eigenvalue weighted by atomic mass is 9.98. The van der Waals surface area contributed by atoms with Crippen LogP contribution in [-0.4, -0.2) is 38.2 Å². The third-order valence-corrected chi connectivity index (χ3v) is 8.27. The third kappa shape index (κ3) is 5.92. The number of rotatable bonds is 8. The number of carbonyl (C=O) groups is 1. The molecule has 4 rings (SSSR count). The normalized spacial score (nSPS) is 21.1. The lowest BCUT2D eigenvalue weighted by molar-refractivity contribution is -0.139. The van der Waals surface area contributed by atoms with Gasteiger partial charge in [0.25, 0.3) is 5.91 Å². The molecule has 1 aromatic carbocycles. The summed E-state index contributed by atoms with van der Waals surface area (Å²) in [6, 6.07) is 6.43. The van der Waals surface area contributed by atoms with Crippen LogP contribution in [0.1, 0.15) is 63.8 Å². The first-order chi connectivity index (χ1) is 16.2. The molecule has 1 saturated carbocycles. The van der Waals surface area contributed by atoms with E-state index in [9.17, 15) is 13.2 Å². The first-order valence-electron chi connectivity index (χ1n) is 11.6. The molecule has 10 heteroatoms. The highest BCUT2D eigenvalue weighted by atomic mass is 32.2. The molecule has 0 spiro atoms. The van der Waals surface area contributed by atoms with Crippen LogP contribution in [0.2, 0.25) is 0 Å². The number of hydrogen-bond donors (Lipinski definition) is 2. The van der Waals surface area contributed by atoms with Gasteiger partial charge in [0, 0.05) is 17.5 Å². The van der Waals surface area contributed by atoms with E-state index < -0.39 is 15.8 Å². The Kier molecular flexibility index (Phi) is 7.54. The van der Waals surface area contributed by atoms with Gasteiger partial charge in [-0.05, 0) is 50.3 Å². The first kappa shape index (κ1) is 25.0. The number of nitrogens with zero attached hydrogens (tertiary/aromatic N) is 1. The van der Waals surface area contributed by atoms with Gasteiger partial charge in [0.15, 0.2) is 10.9 Å². The molecule has 1 atom stereocenters. The summed E-state index contributed by atoms with van der Waals surface area (Å²) in [6.07, 6.45) is 6.12. The second-order valence-corrected chi connectivity index (χ2v) is 11.6. The molecule has 2 fully saturated rings. The van der Waals surface area contributed by atoms with Gasteiger partial charge in [-0.3, -0.25) is 10.1 Å². The van der Waals surface area contributed by atoms with Gasteiger partial charge in [-0.2, -0.15) is 0 Å². The lowest BCUT2D eigenvalue weighted by Crippen LogP contribution is -2.23. The van der Waals surface area contributed by atoms with E-state index in [4.69, 9.17) is 9.47 Å². The Morgan fingerprint density at radius 1 is 1.24 bits per heavy atom. The number of benzene rings is 1. The maximum absolute atomic E-state index is 13.3. The zero-order valence-corrected chi connectivity index (χ0v) is 21.3. The molecule has 0 bridgehead atoms. The van der Waals surface area contributed by atoms with Crippen molar-refractivity contribution in [1.82, 2.24) is 9.71 Å². The van der Waals surface area contributed by atoms with Crippen LogP contribution in [0.25, 0.3) is 5.57 Å². The Labute approximate surface area is 204 Å². The van der Waals surface area contributed by atoms with E-state index in [0.29, 0.717) is 35.3 Å². The van der Waals surface area contributed by atoms with Crippen molar-refractivity contribution in [2.45, 2.75) is 63.2 Å². The van der Waals surface area contributed by atoms with E-state index in [1.807, 2.05) is 25.3 Å². The molecule has 8 nitrogen and oxygen atoms in total. The predicted octanol–water partition coefficient (Wildman–Crippen LogP) is 4.48. The quantitative estimate of drug-likeness (QED) is 0.513. The molecule has 0 radical (unpaired) electrons. The van der Waals surface area contributed by atoms with Crippen molar-refractivity contribution in [1.29, 1.82) is 0 Å². The average molecular weight is 506 g/mol. The number of sulfonamides is 1. The van der Waals surface area contributed by atoms with Crippen molar-refractivity contribution in [3.05, 3.63) is 47.0 Å². The minimum Gasteiger partial charge on any atom is -0.347 e. The number of hydrogen-bond acceptors (Lipinski definition) is 7. The molecule has 1 amide bonds. The maximum Gasteiger partial charge on any atom is 0.257 e. The van der Waals surface area contributed by atoms with Gasteiger partial charge in [-0.1, -0.05) is 38.0 Å². The fourth-order valence-electron chi connectivity index (χ4n) is 4.24. The second kappa shape index (κ2) is 10.2. The zero-order valence-electron chi connectivity index (χ0n) is 19.7. The second-order valence-electron chi connectivity index (χ2n) is 9.00.